The molecule has 0 radical (unpaired) electrons. The van der Waals surface area contributed by atoms with E-state index in [1.54, 1.807) is 12.4 Å². The summed E-state index contributed by atoms with van der Waals surface area (Å²) in [5.74, 6) is 0.234. The zero-order valence-corrected chi connectivity index (χ0v) is 12.3. The molecule has 0 aromatic carbocycles. The van der Waals surface area contributed by atoms with Crippen LogP contribution in [0.1, 0.15) is 68.6 Å². The Balaban J connectivity index is 1.75. The van der Waals surface area contributed by atoms with Gasteiger partial charge in [-0.2, -0.15) is 0 Å². The van der Waals surface area contributed by atoms with Crippen LogP contribution in [0.3, 0.4) is 0 Å². The summed E-state index contributed by atoms with van der Waals surface area (Å²) in [5, 5.41) is 0.945. The first kappa shape index (κ1) is 14.8. The molecule has 0 aliphatic rings. The van der Waals surface area contributed by atoms with Gasteiger partial charge in [-0.05, 0) is 18.6 Å². The molecule has 2 aromatic heterocycles. The average molecular weight is 272 g/mol. The number of aromatic nitrogens is 2. The Morgan fingerprint density at radius 1 is 1.15 bits per heavy atom. The molecule has 2 heterocycles. The molecule has 0 saturated carbocycles. The highest BCUT2D eigenvalue weighted by Gasteiger charge is 2.11. The van der Waals surface area contributed by atoms with Gasteiger partial charge in [0, 0.05) is 29.8 Å². The first-order valence-electron chi connectivity index (χ1n) is 7.78. The highest BCUT2D eigenvalue weighted by atomic mass is 16.1. The Morgan fingerprint density at radius 3 is 2.70 bits per heavy atom. The van der Waals surface area contributed by atoms with Crippen LogP contribution in [-0.2, 0) is 0 Å². The Kier molecular flexibility index (Phi) is 5.78. The van der Waals surface area contributed by atoms with Crippen molar-refractivity contribution in [3.8, 4) is 0 Å². The van der Waals surface area contributed by atoms with E-state index < -0.39 is 0 Å². The molecule has 0 spiro atoms. The van der Waals surface area contributed by atoms with Gasteiger partial charge in [0.1, 0.15) is 5.65 Å². The van der Waals surface area contributed by atoms with Crippen LogP contribution in [0.25, 0.3) is 11.0 Å². The van der Waals surface area contributed by atoms with Crippen LogP contribution < -0.4 is 0 Å². The Labute approximate surface area is 120 Å². The molecule has 2 aromatic rings. The monoisotopic (exact) mass is 272 g/mol. The quantitative estimate of drug-likeness (QED) is 0.522. The number of nitrogens with one attached hydrogen (secondary N) is 1. The van der Waals surface area contributed by atoms with E-state index in [2.05, 4.69) is 16.9 Å². The SMILES string of the molecule is CCCCCCCCCC(=O)c1c[nH]c2ncccc12. The molecule has 0 aliphatic heterocycles. The number of unbranched alkanes of at least 4 members (excludes halogenated alkanes) is 6. The van der Waals surface area contributed by atoms with E-state index in [1.807, 2.05) is 12.1 Å². The molecular formula is C17H24N2O. The second-order valence-corrected chi connectivity index (χ2v) is 5.40. The number of H-pyrrole nitrogens is 1. The number of carbonyl (C=O) groups excluding carboxylic acids is 1. The lowest BCUT2D eigenvalue weighted by molar-refractivity contribution is 0.0980. The Bertz CT molecular complexity index is 545. The second kappa shape index (κ2) is 7.83. The van der Waals surface area contributed by atoms with Crippen LogP contribution in [0.15, 0.2) is 24.5 Å². The Hall–Kier alpha value is -1.64. The fraction of sp³-hybridized carbons (Fsp3) is 0.529. The van der Waals surface area contributed by atoms with Crippen molar-refractivity contribution in [3.63, 3.8) is 0 Å². The number of hydrogen-bond acceptors (Lipinski definition) is 2. The minimum atomic E-state index is 0.234. The van der Waals surface area contributed by atoms with Crippen molar-refractivity contribution >= 4 is 16.8 Å². The zero-order chi connectivity index (χ0) is 14.2. The zero-order valence-electron chi connectivity index (χ0n) is 12.3. The maximum Gasteiger partial charge on any atom is 0.165 e. The summed E-state index contributed by atoms with van der Waals surface area (Å²) in [6.07, 6.45) is 12.9. The third-order valence-corrected chi connectivity index (χ3v) is 3.76. The first-order chi connectivity index (χ1) is 9.83. The number of fused-ring (bicyclic) bond motifs is 1. The van der Waals surface area contributed by atoms with Crippen molar-refractivity contribution in [2.45, 2.75) is 58.3 Å². The van der Waals surface area contributed by atoms with Crippen molar-refractivity contribution in [2.75, 3.05) is 0 Å². The molecular weight excluding hydrogens is 248 g/mol. The number of nitrogens with zero attached hydrogens (tertiary/aromatic N) is 1. The number of aromatic amines is 1. The molecule has 3 nitrogen and oxygen atoms in total. The molecule has 0 unspecified atom stereocenters. The van der Waals surface area contributed by atoms with Crippen LogP contribution in [0.4, 0.5) is 0 Å². The van der Waals surface area contributed by atoms with Crippen molar-refractivity contribution in [1.82, 2.24) is 9.97 Å². The highest BCUT2D eigenvalue weighted by Crippen LogP contribution is 2.18. The fourth-order valence-electron chi connectivity index (χ4n) is 2.56. The van der Waals surface area contributed by atoms with Crippen molar-refractivity contribution in [3.05, 3.63) is 30.1 Å². The van der Waals surface area contributed by atoms with E-state index in [0.717, 1.165) is 29.4 Å². The largest absolute Gasteiger partial charge is 0.345 e. The summed E-state index contributed by atoms with van der Waals surface area (Å²) in [4.78, 5) is 19.5. The van der Waals surface area contributed by atoms with Crippen molar-refractivity contribution in [2.24, 2.45) is 0 Å². The maximum atomic E-state index is 12.2. The first-order valence-corrected chi connectivity index (χ1v) is 7.78. The number of carbonyl (C=O) groups is 1. The molecule has 0 atom stereocenters. The van der Waals surface area contributed by atoms with Crippen LogP contribution in [0.2, 0.25) is 0 Å². The molecule has 0 bridgehead atoms. The molecule has 1 N–H and O–H groups in total. The molecule has 2 rings (SSSR count). The van der Waals surface area contributed by atoms with E-state index in [-0.39, 0.29) is 5.78 Å². The summed E-state index contributed by atoms with van der Waals surface area (Å²) in [7, 11) is 0. The third kappa shape index (κ3) is 3.92. The number of rotatable bonds is 9. The van der Waals surface area contributed by atoms with Gasteiger partial charge in [0.2, 0.25) is 0 Å². The van der Waals surface area contributed by atoms with Gasteiger partial charge in [-0.25, -0.2) is 4.98 Å². The summed E-state index contributed by atoms with van der Waals surface area (Å²) >= 11 is 0. The molecule has 0 fully saturated rings. The predicted octanol–water partition coefficient (Wildman–Crippen LogP) is 4.89. The normalized spacial score (nSPS) is 11.1. The van der Waals surface area contributed by atoms with Gasteiger partial charge < -0.3 is 4.98 Å². The highest BCUT2D eigenvalue weighted by molar-refractivity contribution is 6.06. The number of Topliss-reactive ketones (excluding diaryl/α,β-unsaturated/α-hetero) is 1. The summed E-state index contributed by atoms with van der Waals surface area (Å²) in [5.41, 5.74) is 1.59. The van der Waals surface area contributed by atoms with E-state index in [4.69, 9.17) is 0 Å². The fourth-order valence-corrected chi connectivity index (χ4v) is 2.56. The summed E-state index contributed by atoms with van der Waals surface area (Å²) < 4.78 is 0. The summed E-state index contributed by atoms with van der Waals surface area (Å²) in [6, 6.07) is 3.83. The smallest absolute Gasteiger partial charge is 0.165 e. The van der Waals surface area contributed by atoms with E-state index >= 15 is 0 Å². The standard InChI is InChI=1S/C17H24N2O/c1-2-3-4-5-6-7-8-11-16(20)15-13-19-17-14(15)10-9-12-18-17/h9-10,12-13H,2-8,11H2,1H3,(H,18,19). The van der Waals surface area contributed by atoms with E-state index in [0.29, 0.717) is 6.42 Å². The minimum Gasteiger partial charge on any atom is -0.345 e. The van der Waals surface area contributed by atoms with Crippen LogP contribution in [0.5, 0.6) is 0 Å². The number of pyridine rings is 1. The molecule has 3 heteroatoms. The van der Waals surface area contributed by atoms with E-state index in [1.165, 1.54) is 32.1 Å². The molecule has 108 valence electrons. The molecule has 20 heavy (non-hydrogen) atoms. The van der Waals surface area contributed by atoms with Gasteiger partial charge in [0.25, 0.3) is 0 Å². The van der Waals surface area contributed by atoms with Crippen LogP contribution in [0, 0.1) is 0 Å². The van der Waals surface area contributed by atoms with E-state index in [9.17, 15) is 4.79 Å². The predicted molar refractivity (Wildman–Crippen MR) is 83.0 cm³/mol. The van der Waals surface area contributed by atoms with Crippen molar-refractivity contribution < 1.29 is 4.79 Å². The minimum absolute atomic E-state index is 0.234. The van der Waals surface area contributed by atoms with Gasteiger partial charge in [-0.1, -0.05) is 45.4 Å². The number of hydrogen-bond donors (Lipinski definition) is 1. The number of ketones is 1. The van der Waals surface area contributed by atoms with Crippen molar-refractivity contribution in [1.29, 1.82) is 0 Å². The summed E-state index contributed by atoms with van der Waals surface area (Å²) in [6.45, 7) is 2.23. The lowest BCUT2D eigenvalue weighted by Crippen LogP contribution is -1.97. The molecule has 0 amide bonds. The van der Waals surface area contributed by atoms with Crippen LogP contribution in [-0.4, -0.2) is 15.8 Å². The van der Waals surface area contributed by atoms with Gasteiger partial charge in [0.15, 0.2) is 5.78 Å². The average Bonchev–Trinajstić information content (AvgIpc) is 2.90. The molecule has 0 saturated heterocycles. The molecule has 0 aliphatic carbocycles. The van der Waals surface area contributed by atoms with Gasteiger partial charge in [0.05, 0.1) is 0 Å². The Morgan fingerprint density at radius 2 is 1.90 bits per heavy atom. The maximum absolute atomic E-state index is 12.2. The topological polar surface area (TPSA) is 45.8 Å². The van der Waals surface area contributed by atoms with Gasteiger partial charge in [-0.3, -0.25) is 4.79 Å². The lowest BCUT2D eigenvalue weighted by atomic mass is 10.0. The van der Waals surface area contributed by atoms with Gasteiger partial charge >= 0.3 is 0 Å². The lowest BCUT2D eigenvalue weighted by Gasteiger charge is -2.01. The second-order valence-electron chi connectivity index (χ2n) is 5.40. The van der Waals surface area contributed by atoms with Gasteiger partial charge in [-0.15, -0.1) is 0 Å². The third-order valence-electron chi connectivity index (χ3n) is 3.76. The van der Waals surface area contributed by atoms with Crippen LogP contribution >= 0.6 is 0 Å².